The summed E-state index contributed by atoms with van der Waals surface area (Å²) in [6, 6.07) is 3.59. The maximum absolute atomic E-state index is 13.1. The molecule has 0 heterocycles. The molecule has 5 nitrogen and oxygen atoms in total. The van der Waals surface area contributed by atoms with Gasteiger partial charge in [-0.1, -0.05) is 0 Å². The number of esters is 1. The van der Waals surface area contributed by atoms with Gasteiger partial charge in [0.15, 0.2) is 6.61 Å². The smallest absolute Gasteiger partial charge is 0.338 e. The van der Waals surface area contributed by atoms with E-state index >= 15 is 0 Å². The first-order chi connectivity index (χ1) is 8.45. The van der Waals surface area contributed by atoms with E-state index in [1.165, 1.54) is 17.0 Å². The summed E-state index contributed by atoms with van der Waals surface area (Å²) in [5.41, 5.74) is 5.25. The van der Waals surface area contributed by atoms with Crippen LogP contribution in [0.3, 0.4) is 0 Å². The predicted octanol–water partition coefficient (Wildman–Crippen LogP) is 1.04. The average molecular weight is 254 g/mol. The number of ether oxygens (including phenoxy) is 1. The van der Waals surface area contributed by atoms with Gasteiger partial charge in [0.1, 0.15) is 5.82 Å². The van der Waals surface area contributed by atoms with E-state index in [9.17, 15) is 14.0 Å². The van der Waals surface area contributed by atoms with E-state index < -0.39 is 11.8 Å². The molecule has 0 atom stereocenters. The summed E-state index contributed by atoms with van der Waals surface area (Å²) in [7, 11) is 1.60. The summed E-state index contributed by atoms with van der Waals surface area (Å²) in [5, 5.41) is 0. The van der Waals surface area contributed by atoms with Crippen LogP contribution in [-0.2, 0) is 9.53 Å². The number of hydrogen-bond acceptors (Lipinski definition) is 4. The van der Waals surface area contributed by atoms with E-state index in [0.717, 1.165) is 6.07 Å². The first-order valence-electron chi connectivity index (χ1n) is 5.41. The molecule has 1 rings (SSSR count). The van der Waals surface area contributed by atoms with Crippen molar-refractivity contribution in [3.05, 3.63) is 29.6 Å². The molecule has 0 bridgehead atoms. The fourth-order valence-electron chi connectivity index (χ4n) is 1.15. The van der Waals surface area contributed by atoms with Gasteiger partial charge in [0, 0.05) is 13.6 Å². The largest absolute Gasteiger partial charge is 0.452 e. The molecule has 0 saturated heterocycles. The highest BCUT2D eigenvalue weighted by Crippen LogP contribution is 2.12. The van der Waals surface area contributed by atoms with Gasteiger partial charge in [0.05, 0.1) is 11.3 Å². The van der Waals surface area contributed by atoms with Crippen LogP contribution in [0.15, 0.2) is 18.2 Å². The molecule has 1 amide bonds. The van der Waals surface area contributed by atoms with Gasteiger partial charge in [0.25, 0.3) is 5.91 Å². The molecule has 18 heavy (non-hydrogen) atoms. The van der Waals surface area contributed by atoms with Gasteiger partial charge >= 0.3 is 5.97 Å². The van der Waals surface area contributed by atoms with Crippen molar-refractivity contribution in [3.8, 4) is 0 Å². The number of likely N-dealkylation sites (N-methyl/N-ethyl adjacent to an activating group) is 1. The number of carbonyl (C=O) groups is 2. The third kappa shape index (κ3) is 3.44. The molecule has 0 unspecified atom stereocenters. The van der Waals surface area contributed by atoms with Gasteiger partial charge in [-0.05, 0) is 25.1 Å². The molecule has 0 aliphatic heterocycles. The highest BCUT2D eigenvalue weighted by molar-refractivity contribution is 5.91. The standard InChI is InChI=1S/C12H15FN2O3/c1-3-15(2)11(16)7-18-12(17)8-4-5-10(14)9(13)6-8/h4-6H,3,7,14H2,1-2H3. The van der Waals surface area contributed by atoms with Crippen LogP contribution in [0, 0.1) is 5.82 Å². The summed E-state index contributed by atoms with van der Waals surface area (Å²) in [4.78, 5) is 24.3. The van der Waals surface area contributed by atoms with Crippen molar-refractivity contribution >= 4 is 17.6 Å². The Morgan fingerprint density at radius 2 is 2.11 bits per heavy atom. The lowest BCUT2D eigenvalue weighted by Crippen LogP contribution is -2.30. The molecule has 0 aliphatic carbocycles. The number of rotatable bonds is 4. The van der Waals surface area contributed by atoms with E-state index in [1.54, 1.807) is 14.0 Å². The van der Waals surface area contributed by atoms with Crippen molar-refractivity contribution in [2.45, 2.75) is 6.92 Å². The summed E-state index contributed by atoms with van der Waals surface area (Å²) in [6.45, 7) is 1.96. The van der Waals surface area contributed by atoms with Crippen LogP contribution < -0.4 is 5.73 Å². The summed E-state index contributed by atoms with van der Waals surface area (Å²) in [6.07, 6.45) is 0. The summed E-state index contributed by atoms with van der Waals surface area (Å²) in [5.74, 6) is -1.77. The topological polar surface area (TPSA) is 72.6 Å². The lowest BCUT2D eigenvalue weighted by molar-refractivity contribution is -0.133. The van der Waals surface area contributed by atoms with Gasteiger partial charge < -0.3 is 15.4 Å². The van der Waals surface area contributed by atoms with Crippen molar-refractivity contribution in [3.63, 3.8) is 0 Å². The number of nitrogens with zero attached hydrogens (tertiary/aromatic N) is 1. The molecular formula is C12H15FN2O3. The second kappa shape index (κ2) is 6.00. The van der Waals surface area contributed by atoms with Crippen LogP contribution in [0.25, 0.3) is 0 Å². The van der Waals surface area contributed by atoms with Crippen LogP contribution in [0.2, 0.25) is 0 Å². The second-order valence-corrected chi connectivity index (χ2v) is 3.72. The van der Waals surface area contributed by atoms with E-state index in [2.05, 4.69) is 0 Å². The molecule has 0 aromatic heterocycles. The lowest BCUT2D eigenvalue weighted by atomic mass is 10.2. The van der Waals surface area contributed by atoms with Crippen LogP contribution >= 0.6 is 0 Å². The van der Waals surface area contributed by atoms with Crippen molar-refractivity contribution in [1.29, 1.82) is 0 Å². The Balaban J connectivity index is 2.60. The number of halogens is 1. The monoisotopic (exact) mass is 254 g/mol. The quantitative estimate of drug-likeness (QED) is 0.643. The Labute approximate surface area is 104 Å². The molecular weight excluding hydrogens is 239 g/mol. The predicted molar refractivity (Wildman–Crippen MR) is 64.4 cm³/mol. The molecule has 0 fully saturated rings. The SMILES string of the molecule is CCN(C)C(=O)COC(=O)c1ccc(N)c(F)c1. The van der Waals surface area contributed by atoms with Gasteiger partial charge in [0.2, 0.25) is 0 Å². The first-order valence-corrected chi connectivity index (χ1v) is 5.41. The summed E-state index contributed by atoms with van der Waals surface area (Å²) >= 11 is 0. The van der Waals surface area contributed by atoms with Crippen molar-refractivity contribution < 1.29 is 18.7 Å². The molecule has 98 valence electrons. The number of amides is 1. The zero-order chi connectivity index (χ0) is 13.7. The number of benzene rings is 1. The molecule has 1 aromatic carbocycles. The summed E-state index contributed by atoms with van der Waals surface area (Å²) < 4.78 is 17.9. The molecule has 6 heteroatoms. The third-order valence-corrected chi connectivity index (χ3v) is 2.46. The minimum Gasteiger partial charge on any atom is -0.452 e. The molecule has 0 radical (unpaired) electrons. The first kappa shape index (κ1) is 14.0. The van der Waals surface area contributed by atoms with E-state index in [0.29, 0.717) is 6.54 Å². The number of anilines is 1. The van der Waals surface area contributed by atoms with E-state index in [1.807, 2.05) is 0 Å². The van der Waals surface area contributed by atoms with Gasteiger partial charge in [-0.15, -0.1) is 0 Å². The minimum atomic E-state index is -0.758. The van der Waals surface area contributed by atoms with E-state index in [-0.39, 0.29) is 23.8 Å². The normalized spacial score (nSPS) is 9.94. The van der Waals surface area contributed by atoms with Crippen molar-refractivity contribution in [2.24, 2.45) is 0 Å². The highest BCUT2D eigenvalue weighted by atomic mass is 19.1. The zero-order valence-corrected chi connectivity index (χ0v) is 10.3. The molecule has 2 N–H and O–H groups in total. The Morgan fingerprint density at radius 1 is 1.44 bits per heavy atom. The van der Waals surface area contributed by atoms with Crippen LogP contribution in [0.1, 0.15) is 17.3 Å². The Hall–Kier alpha value is -2.11. The zero-order valence-electron chi connectivity index (χ0n) is 10.3. The number of hydrogen-bond donors (Lipinski definition) is 1. The van der Waals surface area contributed by atoms with Gasteiger partial charge in [-0.3, -0.25) is 4.79 Å². The fraction of sp³-hybridized carbons (Fsp3) is 0.333. The molecule has 0 spiro atoms. The maximum Gasteiger partial charge on any atom is 0.338 e. The molecule has 0 aliphatic rings. The second-order valence-electron chi connectivity index (χ2n) is 3.72. The average Bonchev–Trinajstić information content (AvgIpc) is 2.37. The Bertz CT molecular complexity index is 463. The fourth-order valence-corrected chi connectivity index (χ4v) is 1.15. The number of nitrogen functional groups attached to an aromatic ring is 1. The van der Waals surface area contributed by atoms with Crippen LogP contribution in [-0.4, -0.2) is 37.0 Å². The van der Waals surface area contributed by atoms with E-state index in [4.69, 9.17) is 10.5 Å². The molecule has 1 aromatic rings. The van der Waals surface area contributed by atoms with Gasteiger partial charge in [-0.25, -0.2) is 9.18 Å². The third-order valence-electron chi connectivity index (χ3n) is 2.46. The van der Waals surface area contributed by atoms with Crippen LogP contribution in [0.4, 0.5) is 10.1 Å². The minimum absolute atomic E-state index is 0.0219. The van der Waals surface area contributed by atoms with Crippen LogP contribution in [0.5, 0.6) is 0 Å². The van der Waals surface area contributed by atoms with Crippen molar-refractivity contribution in [2.75, 3.05) is 25.9 Å². The Kier molecular flexibility index (Phi) is 4.65. The Morgan fingerprint density at radius 3 is 2.67 bits per heavy atom. The lowest BCUT2D eigenvalue weighted by Gasteiger charge is -2.14. The van der Waals surface area contributed by atoms with Crippen molar-refractivity contribution in [1.82, 2.24) is 4.90 Å². The molecule has 0 saturated carbocycles. The van der Waals surface area contributed by atoms with Gasteiger partial charge in [-0.2, -0.15) is 0 Å². The maximum atomic E-state index is 13.1. The number of carbonyl (C=O) groups excluding carboxylic acids is 2. The highest BCUT2D eigenvalue weighted by Gasteiger charge is 2.13. The number of nitrogens with two attached hydrogens (primary N) is 1.